The fourth-order valence-electron chi connectivity index (χ4n) is 2.19. The van der Waals surface area contributed by atoms with Crippen LogP contribution in [-0.2, 0) is 10.3 Å². The maximum Gasteiger partial charge on any atom is 0.271 e. The largest absolute Gasteiger partial charge is 0.378 e. The monoisotopic (exact) mass is 346 g/mol. The van der Waals surface area contributed by atoms with E-state index in [0.717, 1.165) is 5.69 Å². The highest BCUT2D eigenvalue weighted by Gasteiger charge is 2.35. The second-order valence-electron chi connectivity index (χ2n) is 5.75. The Bertz CT molecular complexity index is 779. The van der Waals surface area contributed by atoms with E-state index in [9.17, 15) is 9.59 Å². The summed E-state index contributed by atoms with van der Waals surface area (Å²) in [5.74, 6) is -1.19. The number of carbonyl (C=O) groups excluding carboxylic acids is 2. The molecule has 24 heavy (non-hydrogen) atoms. The first-order chi connectivity index (χ1) is 11.2. The van der Waals surface area contributed by atoms with Crippen molar-refractivity contribution < 1.29 is 9.59 Å². The summed E-state index contributed by atoms with van der Waals surface area (Å²) in [6.07, 6.45) is 1.53. The van der Waals surface area contributed by atoms with Gasteiger partial charge in [0.25, 0.3) is 5.91 Å². The van der Waals surface area contributed by atoms with E-state index in [1.54, 1.807) is 36.4 Å². The number of rotatable bonds is 5. The maximum absolute atomic E-state index is 12.6. The summed E-state index contributed by atoms with van der Waals surface area (Å²) >= 11 is 5.98. The van der Waals surface area contributed by atoms with Gasteiger partial charge < -0.3 is 16.0 Å². The zero-order valence-corrected chi connectivity index (χ0v) is 14.5. The van der Waals surface area contributed by atoms with Crippen molar-refractivity contribution in [1.29, 1.82) is 0 Å². The van der Waals surface area contributed by atoms with E-state index in [1.165, 1.54) is 13.1 Å². The van der Waals surface area contributed by atoms with E-state index in [-0.39, 0.29) is 5.69 Å². The van der Waals surface area contributed by atoms with Crippen molar-refractivity contribution in [3.63, 3.8) is 0 Å². The normalized spacial score (nSPS) is 13.0. The molecule has 126 valence electrons. The highest BCUT2D eigenvalue weighted by atomic mass is 35.5. The van der Waals surface area contributed by atoms with Crippen LogP contribution in [-0.4, -0.2) is 30.9 Å². The summed E-state index contributed by atoms with van der Waals surface area (Å²) in [5.41, 5.74) is 5.64. The molecule has 0 fully saturated rings. The standard InChI is InChI=1S/C17H19ClN4O2/c1-17(16(19)24,11-5-4-6-12(18)9-11)21-15(23)14-10-13(22(2)3)7-8-20-14/h4-10H,1-3H3,(H2,19,24)(H,21,23)/t17-/m0/s1. The Labute approximate surface area is 145 Å². The molecule has 1 aromatic heterocycles. The highest BCUT2D eigenvalue weighted by molar-refractivity contribution is 6.30. The topological polar surface area (TPSA) is 88.3 Å². The Balaban J connectivity index is 2.36. The van der Waals surface area contributed by atoms with Gasteiger partial charge in [-0.25, -0.2) is 0 Å². The molecule has 0 aliphatic heterocycles. The van der Waals surface area contributed by atoms with Crippen LogP contribution in [0.4, 0.5) is 5.69 Å². The number of nitrogens with one attached hydrogen (secondary N) is 1. The van der Waals surface area contributed by atoms with Crippen LogP contribution in [0.25, 0.3) is 0 Å². The lowest BCUT2D eigenvalue weighted by atomic mass is 9.91. The van der Waals surface area contributed by atoms with Crippen molar-refractivity contribution in [2.24, 2.45) is 5.73 Å². The smallest absolute Gasteiger partial charge is 0.271 e. The minimum atomic E-state index is -1.40. The van der Waals surface area contributed by atoms with Gasteiger partial charge in [-0.1, -0.05) is 23.7 Å². The van der Waals surface area contributed by atoms with Crippen molar-refractivity contribution in [3.8, 4) is 0 Å². The Morgan fingerprint density at radius 2 is 1.96 bits per heavy atom. The van der Waals surface area contributed by atoms with Gasteiger partial charge in [-0.2, -0.15) is 0 Å². The summed E-state index contributed by atoms with van der Waals surface area (Å²) in [4.78, 5) is 30.5. The fourth-order valence-corrected chi connectivity index (χ4v) is 2.38. The van der Waals surface area contributed by atoms with Crippen LogP contribution < -0.4 is 16.0 Å². The number of nitrogens with zero attached hydrogens (tertiary/aromatic N) is 2. The van der Waals surface area contributed by atoms with Crippen molar-refractivity contribution in [2.75, 3.05) is 19.0 Å². The van der Waals surface area contributed by atoms with E-state index in [4.69, 9.17) is 17.3 Å². The molecular weight excluding hydrogens is 328 g/mol. The lowest BCUT2D eigenvalue weighted by Crippen LogP contribution is -2.52. The Morgan fingerprint density at radius 1 is 1.25 bits per heavy atom. The summed E-state index contributed by atoms with van der Waals surface area (Å²) in [6, 6.07) is 10.1. The Morgan fingerprint density at radius 3 is 2.54 bits per heavy atom. The number of aromatic nitrogens is 1. The number of nitrogens with two attached hydrogens (primary N) is 1. The molecule has 0 saturated heterocycles. The number of hydrogen-bond donors (Lipinski definition) is 2. The van der Waals surface area contributed by atoms with Crippen LogP contribution in [0.5, 0.6) is 0 Å². The van der Waals surface area contributed by atoms with Crippen molar-refractivity contribution >= 4 is 29.1 Å². The van der Waals surface area contributed by atoms with E-state index in [2.05, 4.69) is 10.3 Å². The Hall–Kier alpha value is -2.60. The predicted octanol–water partition coefficient (Wildman–Crippen LogP) is 1.93. The molecule has 7 heteroatoms. The lowest BCUT2D eigenvalue weighted by Gasteiger charge is -2.28. The number of pyridine rings is 1. The zero-order valence-electron chi connectivity index (χ0n) is 13.7. The summed E-state index contributed by atoms with van der Waals surface area (Å²) < 4.78 is 0. The number of carbonyl (C=O) groups is 2. The number of primary amides is 1. The molecule has 0 bridgehead atoms. The summed E-state index contributed by atoms with van der Waals surface area (Å²) in [5, 5.41) is 3.11. The van der Waals surface area contributed by atoms with Gasteiger partial charge in [-0.15, -0.1) is 0 Å². The molecule has 0 unspecified atom stereocenters. The molecule has 0 aliphatic rings. The first-order valence-corrected chi connectivity index (χ1v) is 7.63. The first kappa shape index (κ1) is 17.7. The number of benzene rings is 1. The van der Waals surface area contributed by atoms with Gasteiger partial charge in [0.05, 0.1) is 0 Å². The molecule has 2 rings (SSSR count). The molecule has 0 aliphatic carbocycles. The third-order valence-electron chi connectivity index (χ3n) is 3.75. The van der Waals surface area contributed by atoms with Crippen LogP contribution in [0, 0.1) is 0 Å². The molecule has 0 saturated carbocycles. The summed E-state index contributed by atoms with van der Waals surface area (Å²) in [7, 11) is 3.72. The number of anilines is 1. The predicted molar refractivity (Wildman–Crippen MR) is 94.0 cm³/mol. The van der Waals surface area contributed by atoms with Crippen LogP contribution in [0.1, 0.15) is 23.0 Å². The lowest BCUT2D eigenvalue weighted by molar-refractivity contribution is -0.123. The Kier molecular flexibility index (Phi) is 5.09. The highest BCUT2D eigenvalue weighted by Crippen LogP contribution is 2.24. The van der Waals surface area contributed by atoms with Crippen LogP contribution in [0.2, 0.25) is 5.02 Å². The molecule has 2 amide bonds. The van der Waals surface area contributed by atoms with E-state index in [0.29, 0.717) is 10.6 Å². The SMILES string of the molecule is CN(C)c1ccnc(C(=O)N[C@](C)(C(N)=O)c2cccc(Cl)c2)c1. The second-order valence-corrected chi connectivity index (χ2v) is 6.18. The van der Waals surface area contributed by atoms with Gasteiger partial charge in [-0.05, 0) is 36.8 Å². The van der Waals surface area contributed by atoms with Crippen LogP contribution >= 0.6 is 11.6 Å². The van der Waals surface area contributed by atoms with Gasteiger partial charge in [0.15, 0.2) is 0 Å². The van der Waals surface area contributed by atoms with E-state index in [1.807, 2.05) is 19.0 Å². The van der Waals surface area contributed by atoms with Gasteiger partial charge >= 0.3 is 0 Å². The third-order valence-corrected chi connectivity index (χ3v) is 3.99. The van der Waals surface area contributed by atoms with Crippen LogP contribution in [0.15, 0.2) is 42.6 Å². The molecule has 6 nitrogen and oxygen atoms in total. The zero-order chi connectivity index (χ0) is 17.9. The van der Waals surface area contributed by atoms with Gasteiger partial charge in [-0.3, -0.25) is 14.6 Å². The number of halogens is 1. The summed E-state index contributed by atoms with van der Waals surface area (Å²) in [6.45, 7) is 1.54. The minimum absolute atomic E-state index is 0.190. The minimum Gasteiger partial charge on any atom is -0.378 e. The van der Waals surface area contributed by atoms with Crippen molar-refractivity contribution in [2.45, 2.75) is 12.5 Å². The number of hydrogen-bond acceptors (Lipinski definition) is 4. The third kappa shape index (κ3) is 3.65. The van der Waals surface area contributed by atoms with Crippen molar-refractivity contribution in [3.05, 3.63) is 58.9 Å². The number of amides is 2. The van der Waals surface area contributed by atoms with E-state index < -0.39 is 17.4 Å². The maximum atomic E-state index is 12.6. The molecule has 2 aromatic rings. The molecular formula is C17H19ClN4O2. The van der Waals surface area contributed by atoms with Gasteiger partial charge in [0.2, 0.25) is 5.91 Å². The average molecular weight is 347 g/mol. The molecule has 1 atom stereocenters. The molecule has 0 spiro atoms. The van der Waals surface area contributed by atoms with Gasteiger partial charge in [0.1, 0.15) is 11.2 Å². The quantitative estimate of drug-likeness (QED) is 0.865. The van der Waals surface area contributed by atoms with Gasteiger partial charge in [0, 0.05) is 31.0 Å². The van der Waals surface area contributed by atoms with Crippen LogP contribution in [0.3, 0.4) is 0 Å². The molecule has 3 N–H and O–H groups in total. The molecule has 1 heterocycles. The first-order valence-electron chi connectivity index (χ1n) is 7.26. The van der Waals surface area contributed by atoms with E-state index >= 15 is 0 Å². The molecule has 1 aromatic carbocycles. The average Bonchev–Trinajstić information content (AvgIpc) is 2.54. The molecule has 0 radical (unpaired) electrons. The fraction of sp³-hybridized carbons (Fsp3) is 0.235. The van der Waals surface area contributed by atoms with Crippen molar-refractivity contribution in [1.82, 2.24) is 10.3 Å². The second kappa shape index (κ2) is 6.88.